The number of esters is 1. The summed E-state index contributed by atoms with van der Waals surface area (Å²) >= 11 is 0. The summed E-state index contributed by atoms with van der Waals surface area (Å²) in [6, 6.07) is 16.2. The van der Waals surface area contributed by atoms with Crippen LogP contribution in [0.15, 0.2) is 54.6 Å². The molecule has 0 bridgehead atoms. The summed E-state index contributed by atoms with van der Waals surface area (Å²) in [5, 5.41) is 5.52. The molecule has 2 amide bonds. The Morgan fingerprint density at radius 1 is 0.935 bits per heavy atom. The van der Waals surface area contributed by atoms with Crippen LogP contribution in [0.2, 0.25) is 0 Å². The van der Waals surface area contributed by atoms with Crippen LogP contribution in [0.25, 0.3) is 0 Å². The number of ether oxygens (including phenoxy) is 1. The van der Waals surface area contributed by atoms with Crippen LogP contribution < -0.4 is 10.6 Å². The molecule has 6 heteroatoms. The molecule has 0 aliphatic carbocycles. The number of rotatable bonds is 10. The van der Waals surface area contributed by atoms with Crippen LogP contribution in [0.5, 0.6) is 0 Å². The van der Waals surface area contributed by atoms with E-state index in [1.54, 1.807) is 24.3 Å². The number of benzene rings is 2. The highest BCUT2D eigenvalue weighted by Gasteiger charge is 2.28. The van der Waals surface area contributed by atoms with E-state index in [9.17, 15) is 14.4 Å². The van der Waals surface area contributed by atoms with Crippen LogP contribution in [0.3, 0.4) is 0 Å². The van der Waals surface area contributed by atoms with E-state index in [0.29, 0.717) is 23.7 Å². The minimum absolute atomic E-state index is 0.0725. The molecule has 2 N–H and O–H groups in total. The van der Waals surface area contributed by atoms with E-state index in [4.69, 9.17) is 4.74 Å². The van der Waals surface area contributed by atoms with Crippen molar-refractivity contribution in [2.75, 3.05) is 18.5 Å². The molecule has 2 unspecified atom stereocenters. The van der Waals surface area contributed by atoms with Crippen molar-refractivity contribution in [3.8, 4) is 0 Å². The molecule has 2 rings (SSSR count). The fourth-order valence-corrected chi connectivity index (χ4v) is 3.19. The second kappa shape index (κ2) is 11.9. The Balaban J connectivity index is 2.01. The number of hydrogen-bond acceptors (Lipinski definition) is 4. The summed E-state index contributed by atoms with van der Waals surface area (Å²) < 4.78 is 5.34. The Bertz CT molecular complexity index is 880. The summed E-state index contributed by atoms with van der Waals surface area (Å²) in [5.74, 6) is -1.24. The van der Waals surface area contributed by atoms with Crippen molar-refractivity contribution in [3.05, 3.63) is 65.7 Å². The first-order valence-corrected chi connectivity index (χ1v) is 10.7. The van der Waals surface area contributed by atoms with Gasteiger partial charge in [-0.15, -0.1) is 0 Å². The van der Waals surface area contributed by atoms with E-state index < -0.39 is 24.4 Å². The quantitative estimate of drug-likeness (QED) is 0.554. The van der Waals surface area contributed by atoms with Gasteiger partial charge in [0.1, 0.15) is 0 Å². The Kier molecular flexibility index (Phi) is 9.25. The largest absolute Gasteiger partial charge is 0.455 e. The van der Waals surface area contributed by atoms with Gasteiger partial charge in [-0.1, -0.05) is 76.6 Å². The molecule has 2 aromatic rings. The molecule has 0 saturated heterocycles. The van der Waals surface area contributed by atoms with E-state index in [-0.39, 0.29) is 11.8 Å². The van der Waals surface area contributed by atoms with E-state index in [1.165, 1.54) is 0 Å². The summed E-state index contributed by atoms with van der Waals surface area (Å²) in [4.78, 5) is 37.6. The number of nitrogens with one attached hydrogen (secondary N) is 2. The first-order chi connectivity index (χ1) is 14.8. The van der Waals surface area contributed by atoms with Crippen LogP contribution in [-0.4, -0.2) is 30.9 Å². The van der Waals surface area contributed by atoms with Gasteiger partial charge in [-0.2, -0.15) is 0 Å². The molecular weight excluding hydrogens is 392 g/mol. The van der Waals surface area contributed by atoms with Gasteiger partial charge in [0, 0.05) is 6.54 Å². The number of carbonyl (C=O) groups is 3. The highest BCUT2D eigenvalue weighted by Crippen LogP contribution is 2.28. The third kappa shape index (κ3) is 7.24. The zero-order valence-electron chi connectivity index (χ0n) is 18.7. The van der Waals surface area contributed by atoms with E-state index in [0.717, 1.165) is 12.0 Å². The van der Waals surface area contributed by atoms with Crippen molar-refractivity contribution in [3.63, 3.8) is 0 Å². The Morgan fingerprint density at radius 2 is 1.58 bits per heavy atom. The summed E-state index contributed by atoms with van der Waals surface area (Å²) in [5.41, 5.74) is 1.62. The van der Waals surface area contributed by atoms with E-state index in [1.807, 2.05) is 58.0 Å². The van der Waals surface area contributed by atoms with Gasteiger partial charge in [0.2, 0.25) is 0 Å². The second-order valence-electron chi connectivity index (χ2n) is 8.08. The lowest BCUT2D eigenvalue weighted by atomic mass is 9.86. The van der Waals surface area contributed by atoms with E-state index in [2.05, 4.69) is 10.6 Å². The average molecular weight is 425 g/mol. The van der Waals surface area contributed by atoms with Crippen molar-refractivity contribution in [2.24, 2.45) is 11.8 Å². The van der Waals surface area contributed by atoms with Crippen LogP contribution >= 0.6 is 0 Å². The zero-order chi connectivity index (χ0) is 22.8. The Hall–Kier alpha value is -3.15. The molecule has 166 valence electrons. The molecule has 31 heavy (non-hydrogen) atoms. The fraction of sp³-hybridized carbons (Fsp3) is 0.400. The molecule has 0 spiro atoms. The van der Waals surface area contributed by atoms with Gasteiger partial charge in [-0.05, 0) is 29.5 Å². The lowest BCUT2D eigenvalue weighted by Gasteiger charge is -2.22. The number of para-hydroxylation sites is 1. The molecule has 0 heterocycles. The number of anilines is 1. The van der Waals surface area contributed by atoms with Crippen molar-refractivity contribution in [1.82, 2.24) is 5.32 Å². The highest BCUT2D eigenvalue weighted by molar-refractivity contribution is 6.04. The smallest absolute Gasteiger partial charge is 0.314 e. The van der Waals surface area contributed by atoms with Gasteiger partial charge in [0.05, 0.1) is 17.2 Å². The van der Waals surface area contributed by atoms with Crippen LogP contribution in [0.1, 0.15) is 56.0 Å². The summed E-state index contributed by atoms with van der Waals surface area (Å²) in [6.45, 7) is 8.14. The van der Waals surface area contributed by atoms with Gasteiger partial charge in [-0.25, -0.2) is 0 Å². The second-order valence-corrected chi connectivity index (χ2v) is 8.08. The predicted octanol–water partition coefficient (Wildman–Crippen LogP) is 4.38. The molecule has 6 nitrogen and oxygen atoms in total. The minimum Gasteiger partial charge on any atom is -0.455 e. The average Bonchev–Trinajstić information content (AvgIpc) is 2.77. The fourth-order valence-electron chi connectivity index (χ4n) is 3.19. The van der Waals surface area contributed by atoms with Gasteiger partial charge in [-0.3, -0.25) is 14.4 Å². The topological polar surface area (TPSA) is 84.5 Å². The van der Waals surface area contributed by atoms with Crippen molar-refractivity contribution >= 4 is 23.5 Å². The summed E-state index contributed by atoms with van der Waals surface area (Å²) in [7, 11) is 0. The maximum atomic E-state index is 12.8. The number of amides is 2. The number of carbonyl (C=O) groups excluding carboxylic acids is 3. The van der Waals surface area contributed by atoms with Crippen molar-refractivity contribution in [2.45, 2.75) is 40.0 Å². The minimum atomic E-state index is -0.492. The van der Waals surface area contributed by atoms with Gasteiger partial charge < -0.3 is 15.4 Å². The first kappa shape index (κ1) is 24.1. The Labute approximate surface area is 184 Å². The molecule has 0 aromatic heterocycles. The number of hydrogen-bond donors (Lipinski definition) is 2. The highest BCUT2D eigenvalue weighted by atomic mass is 16.5. The first-order valence-electron chi connectivity index (χ1n) is 10.7. The van der Waals surface area contributed by atoms with Crippen LogP contribution in [0.4, 0.5) is 5.69 Å². The maximum absolute atomic E-state index is 12.8. The molecule has 2 aromatic carbocycles. The van der Waals surface area contributed by atoms with Crippen molar-refractivity contribution in [1.29, 1.82) is 0 Å². The van der Waals surface area contributed by atoms with Crippen LogP contribution in [0, 0.1) is 11.8 Å². The summed E-state index contributed by atoms with van der Waals surface area (Å²) in [6.07, 6.45) is 0.805. The monoisotopic (exact) mass is 424 g/mol. The molecule has 0 saturated carbocycles. The molecule has 2 atom stereocenters. The van der Waals surface area contributed by atoms with Gasteiger partial charge in [0.25, 0.3) is 11.8 Å². The normalized spacial score (nSPS) is 12.7. The third-order valence-corrected chi connectivity index (χ3v) is 5.09. The maximum Gasteiger partial charge on any atom is 0.314 e. The SMILES string of the molecule is CCC(C)C(C(=O)OCC(=O)Nc1ccccc1C(=O)NCC(C)C)c1ccccc1. The van der Waals surface area contributed by atoms with Gasteiger partial charge >= 0.3 is 5.97 Å². The molecule has 0 aliphatic rings. The standard InChI is InChI=1S/C25H32N2O4/c1-5-18(4)23(19-11-7-6-8-12-19)25(30)31-16-22(28)27-21-14-10-9-13-20(21)24(29)26-15-17(2)3/h6-14,17-18,23H,5,15-16H2,1-4H3,(H,26,29)(H,27,28). The molecule has 0 fully saturated rings. The van der Waals surface area contributed by atoms with E-state index >= 15 is 0 Å². The molecular formula is C25H32N2O4. The predicted molar refractivity (Wildman–Crippen MR) is 122 cm³/mol. The zero-order valence-corrected chi connectivity index (χ0v) is 18.7. The van der Waals surface area contributed by atoms with Crippen molar-refractivity contribution < 1.29 is 19.1 Å². The van der Waals surface area contributed by atoms with Crippen LogP contribution in [-0.2, 0) is 14.3 Å². The molecule has 0 radical (unpaired) electrons. The third-order valence-electron chi connectivity index (χ3n) is 5.09. The Morgan fingerprint density at radius 3 is 2.23 bits per heavy atom. The molecule has 0 aliphatic heterocycles. The lowest BCUT2D eigenvalue weighted by molar-refractivity contribution is -0.150. The van der Waals surface area contributed by atoms with Gasteiger partial charge in [0.15, 0.2) is 6.61 Å². The lowest BCUT2D eigenvalue weighted by Crippen LogP contribution is -2.30.